The number of hydrogen-bond donors (Lipinski definition) is 1. The lowest BCUT2D eigenvalue weighted by Crippen LogP contribution is -2.18. The fourth-order valence-electron chi connectivity index (χ4n) is 3.27. The van der Waals surface area contributed by atoms with E-state index in [-0.39, 0.29) is 5.69 Å². The molecule has 1 N–H and O–H groups in total. The van der Waals surface area contributed by atoms with Crippen molar-refractivity contribution in [3.8, 4) is 22.8 Å². The Morgan fingerprint density at radius 3 is 2.58 bits per heavy atom. The molecule has 0 spiro atoms. The van der Waals surface area contributed by atoms with Crippen molar-refractivity contribution in [2.75, 3.05) is 13.1 Å². The molecule has 4 rings (SSSR count). The van der Waals surface area contributed by atoms with E-state index >= 15 is 0 Å². The molecule has 1 fully saturated rings. The van der Waals surface area contributed by atoms with Crippen LogP contribution in [0.1, 0.15) is 18.4 Å². The van der Waals surface area contributed by atoms with E-state index < -0.39 is 4.92 Å². The van der Waals surface area contributed by atoms with Gasteiger partial charge in [0.05, 0.1) is 4.92 Å². The lowest BCUT2D eigenvalue weighted by molar-refractivity contribution is -0.384. The van der Waals surface area contributed by atoms with Crippen LogP contribution in [-0.4, -0.2) is 38.1 Å². The largest absolute Gasteiger partial charge is 0.299 e. The number of likely N-dealkylation sites (tertiary alicyclic amines) is 1. The van der Waals surface area contributed by atoms with Crippen molar-refractivity contribution in [1.82, 2.24) is 20.1 Å². The van der Waals surface area contributed by atoms with Gasteiger partial charge in [-0.05, 0) is 49.7 Å². The van der Waals surface area contributed by atoms with Crippen molar-refractivity contribution in [1.29, 1.82) is 0 Å². The second kappa shape index (κ2) is 7.05. The van der Waals surface area contributed by atoms with Crippen LogP contribution < -0.4 is 0 Å². The molecule has 1 saturated heterocycles. The van der Waals surface area contributed by atoms with Gasteiger partial charge in [-0.25, -0.2) is 4.98 Å². The first kappa shape index (κ1) is 16.4. The Hall–Kier alpha value is -3.06. The van der Waals surface area contributed by atoms with E-state index in [0.29, 0.717) is 11.6 Å². The summed E-state index contributed by atoms with van der Waals surface area (Å²) in [5, 5.41) is 18.0. The molecule has 0 bridgehead atoms. The molecule has 0 saturated carbocycles. The van der Waals surface area contributed by atoms with Crippen LogP contribution in [0.5, 0.6) is 0 Å². The minimum Gasteiger partial charge on any atom is -0.299 e. The normalized spacial score (nSPS) is 14.6. The Labute approximate surface area is 150 Å². The Morgan fingerprint density at radius 1 is 1.08 bits per heavy atom. The van der Waals surface area contributed by atoms with Gasteiger partial charge in [-0.15, -0.1) is 0 Å². The van der Waals surface area contributed by atoms with Crippen LogP contribution in [0.4, 0.5) is 5.69 Å². The van der Waals surface area contributed by atoms with Crippen molar-refractivity contribution in [3.63, 3.8) is 0 Å². The molecular weight excluding hydrogens is 330 g/mol. The zero-order valence-electron chi connectivity index (χ0n) is 14.3. The first-order chi connectivity index (χ1) is 12.7. The van der Waals surface area contributed by atoms with Crippen molar-refractivity contribution in [2.45, 2.75) is 19.4 Å². The summed E-state index contributed by atoms with van der Waals surface area (Å²) in [5.74, 6) is 1.22. The zero-order chi connectivity index (χ0) is 17.9. The molecule has 7 heteroatoms. The van der Waals surface area contributed by atoms with Crippen LogP contribution in [0.2, 0.25) is 0 Å². The molecule has 0 radical (unpaired) electrons. The molecule has 2 heterocycles. The number of nitrogens with zero attached hydrogens (tertiary/aromatic N) is 4. The van der Waals surface area contributed by atoms with Gasteiger partial charge in [0.25, 0.3) is 5.69 Å². The number of hydrogen-bond acceptors (Lipinski definition) is 5. The highest BCUT2D eigenvalue weighted by Gasteiger charge is 2.13. The van der Waals surface area contributed by atoms with Crippen LogP contribution in [0.25, 0.3) is 22.8 Å². The van der Waals surface area contributed by atoms with Crippen molar-refractivity contribution >= 4 is 5.69 Å². The van der Waals surface area contributed by atoms with E-state index in [1.54, 1.807) is 12.1 Å². The summed E-state index contributed by atoms with van der Waals surface area (Å²) < 4.78 is 0. The number of aromatic nitrogens is 3. The van der Waals surface area contributed by atoms with Gasteiger partial charge < -0.3 is 0 Å². The maximum absolute atomic E-state index is 10.8. The predicted molar refractivity (Wildman–Crippen MR) is 98.4 cm³/mol. The van der Waals surface area contributed by atoms with Gasteiger partial charge in [0.1, 0.15) is 0 Å². The van der Waals surface area contributed by atoms with Gasteiger partial charge in [0.15, 0.2) is 11.6 Å². The van der Waals surface area contributed by atoms with Crippen LogP contribution in [0.15, 0.2) is 48.5 Å². The minimum absolute atomic E-state index is 0.0584. The molecule has 0 atom stereocenters. The van der Waals surface area contributed by atoms with E-state index in [1.165, 1.54) is 30.5 Å². The number of aromatic amines is 1. The maximum atomic E-state index is 10.8. The van der Waals surface area contributed by atoms with Gasteiger partial charge in [-0.1, -0.05) is 18.2 Å². The van der Waals surface area contributed by atoms with E-state index in [0.717, 1.165) is 30.8 Å². The zero-order valence-corrected chi connectivity index (χ0v) is 14.3. The Morgan fingerprint density at radius 2 is 1.85 bits per heavy atom. The molecule has 0 aliphatic carbocycles. The summed E-state index contributed by atoms with van der Waals surface area (Å²) in [7, 11) is 0. The summed E-state index contributed by atoms with van der Waals surface area (Å²) in [4.78, 5) is 17.4. The quantitative estimate of drug-likeness (QED) is 0.561. The average molecular weight is 349 g/mol. The minimum atomic E-state index is -0.415. The number of nitro groups is 1. The molecule has 1 aromatic heterocycles. The maximum Gasteiger partial charge on any atom is 0.269 e. The number of benzene rings is 2. The number of H-pyrrole nitrogens is 1. The highest BCUT2D eigenvalue weighted by Crippen LogP contribution is 2.23. The molecular formula is C19H19N5O2. The first-order valence-corrected chi connectivity index (χ1v) is 8.68. The topological polar surface area (TPSA) is 87.9 Å². The van der Waals surface area contributed by atoms with E-state index in [9.17, 15) is 10.1 Å². The first-order valence-electron chi connectivity index (χ1n) is 8.68. The number of rotatable bonds is 5. The van der Waals surface area contributed by atoms with E-state index in [2.05, 4.69) is 32.2 Å². The molecule has 3 aromatic rings. The summed E-state index contributed by atoms with van der Waals surface area (Å²) in [6.07, 6.45) is 2.55. The number of nitro benzene ring substituents is 1. The fourth-order valence-corrected chi connectivity index (χ4v) is 3.27. The molecule has 1 aliphatic rings. The number of nitrogens with one attached hydrogen (secondary N) is 1. The van der Waals surface area contributed by atoms with Crippen LogP contribution in [0.3, 0.4) is 0 Å². The summed E-state index contributed by atoms with van der Waals surface area (Å²) in [6.45, 7) is 3.28. The smallest absolute Gasteiger partial charge is 0.269 e. The summed E-state index contributed by atoms with van der Waals surface area (Å²) in [6, 6.07) is 14.6. The highest BCUT2D eigenvalue weighted by molar-refractivity contribution is 5.62. The number of non-ortho nitro benzene ring substituents is 1. The standard InChI is InChI=1S/C19H19N5O2/c25-24(26)17-8-6-15(7-9-17)18-20-19(22-21-18)16-5-3-4-14(12-16)13-23-10-1-2-11-23/h3-9,12H,1-2,10-11,13H2,(H,20,21,22). The van der Waals surface area contributed by atoms with Gasteiger partial charge in [-0.2, -0.15) is 5.10 Å². The van der Waals surface area contributed by atoms with Crippen molar-refractivity contribution in [2.24, 2.45) is 0 Å². The molecule has 7 nitrogen and oxygen atoms in total. The van der Waals surface area contributed by atoms with E-state index in [1.807, 2.05) is 12.1 Å². The third kappa shape index (κ3) is 3.48. The second-order valence-electron chi connectivity index (χ2n) is 6.50. The van der Waals surface area contributed by atoms with Gasteiger partial charge in [-0.3, -0.25) is 20.1 Å². The van der Waals surface area contributed by atoms with Crippen molar-refractivity contribution < 1.29 is 4.92 Å². The third-order valence-electron chi connectivity index (χ3n) is 4.63. The Bertz CT molecular complexity index is 914. The lowest BCUT2D eigenvalue weighted by Gasteiger charge is -2.14. The van der Waals surface area contributed by atoms with Gasteiger partial charge >= 0.3 is 0 Å². The Balaban J connectivity index is 1.54. The fraction of sp³-hybridized carbons (Fsp3) is 0.263. The average Bonchev–Trinajstić information content (AvgIpc) is 3.34. The molecule has 0 unspecified atom stereocenters. The van der Waals surface area contributed by atoms with Crippen LogP contribution in [-0.2, 0) is 6.54 Å². The lowest BCUT2D eigenvalue weighted by atomic mass is 10.1. The molecule has 26 heavy (non-hydrogen) atoms. The Kier molecular flexibility index (Phi) is 4.45. The molecule has 132 valence electrons. The third-order valence-corrected chi connectivity index (χ3v) is 4.63. The molecule has 2 aromatic carbocycles. The van der Waals surface area contributed by atoms with Gasteiger partial charge in [0.2, 0.25) is 0 Å². The predicted octanol–water partition coefficient (Wildman–Crippen LogP) is 3.64. The van der Waals surface area contributed by atoms with E-state index in [4.69, 9.17) is 0 Å². The monoisotopic (exact) mass is 349 g/mol. The second-order valence-corrected chi connectivity index (χ2v) is 6.50. The summed E-state index contributed by atoms with van der Waals surface area (Å²) >= 11 is 0. The molecule has 1 aliphatic heterocycles. The van der Waals surface area contributed by atoms with Crippen molar-refractivity contribution in [3.05, 3.63) is 64.2 Å². The SMILES string of the molecule is O=[N+]([O-])c1ccc(-c2nc(-c3cccc(CN4CCCC4)c3)n[nH]2)cc1. The molecule has 0 amide bonds. The van der Waals surface area contributed by atoms with Crippen LogP contribution in [0, 0.1) is 10.1 Å². The van der Waals surface area contributed by atoms with Crippen LogP contribution >= 0.6 is 0 Å². The summed E-state index contributed by atoms with van der Waals surface area (Å²) in [5.41, 5.74) is 3.04. The van der Waals surface area contributed by atoms with Gasteiger partial charge in [0, 0.05) is 29.8 Å². The highest BCUT2D eigenvalue weighted by atomic mass is 16.6.